The third kappa shape index (κ3) is 7.67. The average molecular weight is 496 g/mol. The minimum absolute atomic E-state index is 0.0640. The Kier molecular flexibility index (Phi) is 10.6. The van der Waals surface area contributed by atoms with E-state index in [9.17, 15) is 24.6 Å². The number of rotatable bonds is 9. The molecule has 0 aromatic rings. The lowest BCUT2D eigenvalue weighted by molar-refractivity contribution is -0.262. The van der Waals surface area contributed by atoms with Crippen LogP contribution < -0.4 is 16.4 Å². The first-order chi connectivity index (χ1) is 15.5. The van der Waals surface area contributed by atoms with E-state index in [1.54, 1.807) is 0 Å². The molecule has 0 bridgehead atoms. The summed E-state index contributed by atoms with van der Waals surface area (Å²) in [4.78, 5) is 32.1. The maximum Gasteiger partial charge on any atom is 0.332 e. The molecular formula is C19H33N3O10S. The lowest BCUT2D eigenvalue weighted by atomic mass is 9.97. The predicted molar refractivity (Wildman–Crippen MR) is 116 cm³/mol. The monoisotopic (exact) mass is 495 g/mol. The molecule has 0 aromatic carbocycles. The van der Waals surface area contributed by atoms with Crippen LogP contribution in [0.15, 0.2) is 0 Å². The van der Waals surface area contributed by atoms with E-state index in [-0.39, 0.29) is 24.5 Å². The molecule has 0 aromatic heterocycles. The molecule has 0 aliphatic carbocycles. The highest BCUT2D eigenvalue weighted by Crippen LogP contribution is 2.33. The Morgan fingerprint density at radius 1 is 1.27 bits per heavy atom. The summed E-state index contributed by atoms with van der Waals surface area (Å²) in [5.74, 6) is -0.980. The number of thioether (sulfide) groups is 1. The van der Waals surface area contributed by atoms with E-state index in [0.29, 0.717) is 5.25 Å². The van der Waals surface area contributed by atoms with Gasteiger partial charge in [0.05, 0.1) is 24.7 Å². The van der Waals surface area contributed by atoms with Crippen LogP contribution in [0, 0.1) is 0 Å². The number of carbonyl (C=O) groups is 3. The summed E-state index contributed by atoms with van der Waals surface area (Å²) < 4.78 is 9.89. The van der Waals surface area contributed by atoms with E-state index in [0.717, 1.165) is 25.0 Å². The van der Waals surface area contributed by atoms with Crippen molar-refractivity contribution in [1.82, 2.24) is 10.6 Å². The number of carboxylic acids is 2. The van der Waals surface area contributed by atoms with E-state index in [1.165, 1.54) is 6.92 Å². The van der Waals surface area contributed by atoms with Crippen LogP contribution in [0.3, 0.4) is 0 Å². The second-order valence-electron chi connectivity index (χ2n) is 8.16. The Morgan fingerprint density at radius 3 is 2.58 bits per heavy atom. The van der Waals surface area contributed by atoms with Crippen molar-refractivity contribution < 1.29 is 49.4 Å². The van der Waals surface area contributed by atoms with Crippen molar-refractivity contribution in [2.24, 2.45) is 5.73 Å². The molecule has 14 heteroatoms. The molecule has 3 aliphatic heterocycles. The van der Waals surface area contributed by atoms with E-state index in [4.69, 9.17) is 30.5 Å². The maximum absolute atomic E-state index is 11.1. The van der Waals surface area contributed by atoms with Gasteiger partial charge in [-0.15, -0.1) is 0 Å². The zero-order valence-corrected chi connectivity index (χ0v) is 19.0. The van der Waals surface area contributed by atoms with Crippen molar-refractivity contribution in [3.05, 3.63) is 0 Å². The summed E-state index contributed by atoms with van der Waals surface area (Å²) in [7, 11) is 0. The minimum atomic E-state index is -1.43. The number of aliphatic hydroxyl groups excluding tert-OH is 3. The van der Waals surface area contributed by atoms with Gasteiger partial charge < -0.3 is 51.4 Å². The number of aliphatic carboxylic acids is 2. The fourth-order valence-electron chi connectivity index (χ4n) is 3.83. The molecule has 33 heavy (non-hydrogen) atoms. The number of nitrogens with two attached hydrogens (primary N) is 1. The molecule has 3 aliphatic rings. The van der Waals surface area contributed by atoms with Gasteiger partial charge in [-0.25, -0.2) is 9.59 Å². The summed E-state index contributed by atoms with van der Waals surface area (Å²) in [5.41, 5.74) is 5.54. The Hall–Kier alpha value is -1.68. The van der Waals surface area contributed by atoms with Crippen LogP contribution in [-0.4, -0.2) is 110 Å². The highest BCUT2D eigenvalue weighted by Gasteiger charge is 2.45. The topological polar surface area (TPSA) is 221 Å². The Morgan fingerprint density at radius 2 is 1.97 bits per heavy atom. The molecule has 0 unspecified atom stereocenters. The van der Waals surface area contributed by atoms with Gasteiger partial charge in [-0.1, -0.05) is 6.42 Å². The van der Waals surface area contributed by atoms with E-state index >= 15 is 0 Å². The molecule has 0 radical (unpaired) electrons. The van der Waals surface area contributed by atoms with Crippen LogP contribution in [0.2, 0.25) is 0 Å². The number of unbranched alkanes of at least 4 members (excludes halogenated alkanes) is 1. The number of hydrogen-bond donors (Lipinski definition) is 8. The first-order valence-electron chi connectivity index (χ1n) is 10.7. The number of fused-ring (bicyclic) bond motifs is 1. The molecule has 9 atom stereocenters. The van der Waals surface area contributed by atoms with Gasteiger partial charge in [-0.05, 0) is 19.8 Å². The zero-order chi connectivity index (χ0) is 24.7. The SMILES string of the molecule is C[C@@H](O[C@@H]1[C@@H](N)[C@@H](O)O[C@H](CO)[C@H]1O)C(=O)O.O=C(O)CCCC[C@@H]1SC[C@@H]2NC(=O)N[C@@H]21. The van der Waals surface area contributed by atoms with Gasteiger partial charge in [0.2, 0.25) is 0 Å². The van der Waals surface area contributed by atoms with Crippen molar-refractivity contribution in [2.45, 2.75) is 86.7 Å². The van der Waals surface area contributed by atoms with Crippen molar-refractivity contribution in [1.29, 1.82) is 0 Å². The van der Waals surface area contributed by atoms with Gasteiger partial charge >= 0.3 is 18.0 Å². The number of ether oxygens (including phenoxy) is 2. The summed E-state index contributed by atoms with van der Waals surface area (Å²) in [6.07, 6.45) is -3.23. The number of hydrogen-bond acceptors (Lipinski definition) is 10. The highest BCUT2D eigenvalue weighted by atomic mass is 32.2. The van der Waals surface area contributed by atoms with Gasteiger partial charge in [-0.2, -0.15) is 11.8 Å². The normalized spacial score (nSPS) is 36.1. The van der Waals surface area contributed by atoms with Crippen molar-refractivity contribution in [3.63, 3.8) is 0 Å². The first-order valence-corrected chi connectivity index (χ1v) is 11.8. The molecule has 0 spiro atoms. The van der Waals surface area contributed by atoms with Crippen LogP contribution in [-0.2, 0) is 19.1 Å². The first kappa shape index (κ1) is 27.6. The van der Waals surface area contributed by atoms with Crippen molar-refractivity contribution in [2.75, 3.05) is 12.4 Å². The predicted octanol–water partition coefficient (Wildman–Crippen LogP) is -1.96. The molecule has 190 valence electrons. The molecule has 3 fully saturated rings. The van der Waals surface area contributed by atoms with E-state index in [2.05, 4.69) is 10.6 Å². The van der Waals surface area contributed by atoms with Gasteiger partial charge in [0.25, 0.3) is 0 Å². The summed E-state index contributed by atoms with van der Waals surface area (Å²) in [5, 5.41) is 51.6. The van der Waals surface area contributed by atoms with Crippen molar-refractivity contribution >= 4 is 29.7 Å². The standard InChI is InChI=1S/C10H16N2O3S.C9H17NO7/c13-8(14)4-2-1-3-7-9-6(5-16-7)11-10(15)12-9;1-3(8(13)14)16-7-5(10)9(15)17-4(2-11)6(7)12/h6-7,9H,1-5H2,(H,13,14)(H2,11,12,15);3-7,9,11-12,15H,2,10H2,1H3,(H,13,14)/t6-,7-,9-;3-,4-,5-,6-,7-,9+/m01/s1. The molecule has 9 N–H and O–H groups in total. The summed E-state index contributed by atoms with van der Waals surface area (Å²) in [6, 6.07) is -0.648. The van der Waals surface area contributed by atoms with Crippen LogP contribution in [0.4, 0.5) is 4.79 Å². The smallest absolute Gasteiger partial charge is 0.332 e. The van der Waals surface area contributed by atoms with Gasteiger partial charge in [0.15, 0.2) is 12.4 Å². The third-order valence-corrected chi connectivity index (χ3v) is 7.21. The van der Waals surface area contributed by atoms with Crippen LogP contribution in [0.1, 0.15) is 32.6 Å². The number of carbonyl (C=O) groups excluding carboxylic acids is 1. The van der Waals surface area contributed by atoms with Gasteiger partial charge in [0.1, 0.15) is 18.3 Å². The number of nitrogens with one attached hydrogen (secondary N) is 2. The molecule has 0 saturated carbocycles. The van der Waals surface area contributed by atoms with Crippen molar-refractivity contribution in [3.8, 4) is 0 Å². The van der Waals surface area contributed by atoms with E-state index in [1.807, 2.05) is 11.8 Å². The largest absolute Gasteiger partial charge is 0.481 e. The molecular weight excluding hydrogens is 462 g/mol. The zero-order valence-electron chi connectivity index (χ0n) is 18.2. The average Bonchev–Trinajstić information content (AvgIpc) is 3.30. The number of carboxylic acid groups (broad SMARTS) is 2. The van der Waals surface area contributed by atoms with E-state index < -0.39 is 55.3 Å². The molecule has 3 heterocycles. The number of urea groups is 1. The number of aliphatic hydroxyl groups is 3. The van der Waals surface area contributed by atoms with Gasteiger partial charge in [0, 0.05) is 17.4 Å². The highest BCUT2D eigenvalue weighted by molar-refractivity contribution is 8.00. The summed E-state index contributed by atoms with van der Waals surface area (Å²) >= 11 is 1.87. The Balaban J connectivity index is 0.000000234. The second-order valence-corrected chi connectivity index (χ2v) is 9.43. The molecule has 2 amide bonds. The quantitative estimate of drug-likeness (QED) is 0.129. The molecule has 3 saturated heterocycles. The third-order valence-electron chi connectivity index (χ3n) is 5.70. The lowest BCUT2D eigenvalue weighted by Crippen LogP contribution is -2.63. The van der Waals surface area contributed by atoms with Gasteiger partial charge in [-0.3, -0.25) is 4.79 Å². The minimum Gasteiger partial charge on any atom is -0.481 e. The van der Waals surface area contributed by atoms with Crippen LogP contribution in [0.5, 0.6) is 0 Å². The Labute approximate surface area is 195 Å². The lowest BCUT2D eigenvalue weighted by Gasteiger charge is -2.41. The fraction of sp³-hybridized carbons (Fsp3) is 0.842. The Bertz CT molecular complexity index is 686. The molecule has 13 nitrogen and oxygen atoms in total. The fourth-order valence-corrected chi connectivity index (χ4v) is 5.38. The molecule has 3 rings (SSSR count). The van der Waals surface area contributed by atoms with Crippen LogP contribution >= 0.6 is 11.8 Å². The van der Waals surface area contributed by atoms with Crippen LogP contribution in [0.25, 0.3) is 0 Å². The maximum atomic E-state index is 11.1. The second kappa shape index (κ2) is 12.7. The number of amides is 2. The summed E-state index contributed by atoms with van der Waals surface area (Å²) in [6.45, 7) is 0.740.